The normalized spacial score (nSPS) is 27.8. The van der Waals surface area contributed by atoms with Crippen LogP contribution in [0.1, 0.15) is 38.8 Å². The van der Waals surface area contributed by atoms with E-state index in [9.17, 15) is 0 Å². The van der Waals surface area contributed by atoms with Crippen LogP contribution in [0.2, 0.25) is 0 Å². The summed E-state index contributed by atoms with van der Waals surface area (Å²) in [5, 5.41) is 0. The first-order valence-corrected chi connectivity index (χ1v) is 8.62. The lowest BCUT2D eigenvalue weighted by molar-refractivity contribution is -0.00684. The van der Waals surface area contributed by atoms with E-state index in [0.717, 1.165) is 24.9 Å². The number of aromatic nitrogens is 1. The molecule has 1 aromatic rings. The zero-order valence-corrected chi connectivity index (χ0v) is 13.5. The highest BCUT2D eigenvalue weighted by Gasteiger charge is 2.35. The summed E-state index contributed by atoms with van der Waals surface area (Å²) in [6.07, 6.45) is 7.20. The van der Waals surface area contributed by atoms with E-state index in [2.05, 4.69) is 40.8 Å². The number of hydrogen-bond acceptors (Lipinski definition) is 3. The summed E-state index contributed by atoms with van der Waals surface area (Å²) in [7, 11) is 0. The lowest BCUT2D eigenvalue weighted by Crippen LogP contribution is -2.61. The van der Waals surface area contributed by atoms with Crippen molar-refractivity contribution in [1.29, 1.82) is 0 Å². The van der Waals surface area contributed by atoms with Gasteiger partial charge < -0.3 is 0 Å². The minimum atomic E-state index is 0.711. The fourth-order valence-electron chi connectivity index (χ4n) is 3.96. The molecular weight excluding hydrogens is 258 g/mol. The molecule has 3 heteroatoms. The molecule has 0 spiro atoms. The maximum Gasteiger partial charge on any atom is 0.0416 e. The molecule has 3 heterocycles. The first kappa shape index (κ1) is 15.0. The zero-order chi connectivity index (χ0) is 14.7. The highest BCUT2D eigenvalue weighted by Crippen LogP contribution is 2.27. The molecule has 2 aliphatic heterocycles. The molecule has 3 rings (SSSR count). The Morgan fingerprint density at radius 1 is 1.24 bits per heavy atom. The van der Waals surface area contributed by atoms with Crippen molar-refractivity contribution in [3.05, 3.63) is 30.1 Å². The van der Waals surface area contributed by atoms with Crippen molar-refractivity contribution >= 4 is 0 Å². The number of hydrogen-bond donors (Lipinski definition) is 0. The third-order valence-electron chi connectivity index (χ3n) is 5.24. The Hall–Kier alpha value is -0.930. The number of piperazine rings is 1. The lowest BCUT2D eigenvalue weighted by atomic mass is 9.92. The predicted octanol–water partition coefficient (Wildman–Crippen LogP) is 2.82. The molecule has 0 N–H and O–H groups in total. The molecule has 3 nitrogen and oxygen atoms in total. The number of pyridine rings is 1. The first-order valence-electron chi connectivity index (χ1n) is 8.62. The van der Waals surface area contributed by atoms with Crippen molar-refractivity contribution in [3.8, 4) is 0 Å². The molecule has 116 valence electrons. The summed E-state index contributed by atoms with van der Waals surface area (Å²) in [4.78, 5) is 9.97. The van der Waals surface area contributed by atoms with Gasteiger partial charge in [-0.3, -0.25) is 14.8 Å². The number of piperidine rings is 1. The van der Waals surface area contributed by atoms with Gasteiger partial charge in [0, 0.05) is 50.0 Å². The van der Waals surface area contributed by atoms with Crippen molar-refractivity contribution < 1.29 is 0 Å². The van der Waals surface area contributed by atoms with E-state index in [-0.39, 0.29) is 0 Å². The quantitative estimate of drug-likeness (QED) is 0.849. The summed E-state index contributed by atoms with van der Waals surface area (Å²) >= 11 is 0. The van der Waals surface area contributed by atoms with Crippen LogP contribution in [0.5, 0.6) is 0 Å². The number of nitrogens with zero attached hydrogens (tertiary/aromatic N) is 3. The smallest absolute Gasteiger partial charge is 0.0416 e. The van der Waals surface area contributed by atoms with E-state index in [1.807, 2.05) is 12.3 Å². The molecule has 2 fully saturated rings. The summed E-state index contributed by atoms with van der Waals surface area (Å²) < 4.78 is 0. The molecule has 2 atom stereocenters. The summed E-state index contributed by atoms with van der Waals surface area (Å²) in [6, 6.07) is 7.77. The monoisotopic (exact) mass is 287 g/mol. The Bertz CT molecular complexity index is 431. The third-order valence-corrected chi connectivity index (χ3v) is 5.24. The topological polar surface area (TPSA) is 19.4 Å². The van der Waals surface area contributed by atoms with Crippen LogP contribution < -0.4 is 0 Å². The van der Waals surface area contributed by atoms with Crippen LogP contribution in [-0.4, -0.2) is 53.0 Å². The molecule has 1 aromatic heterocycles. The molecule has 0 aromatic carbocycles. The van der Waals surface area contributed by atoms with Gasteiger partial charge in [-0.25, -0.2) is 0 Å². The molecule has 21 heavy (non-hydrogen) atoms. The predicted molar refractivity (Wildman–Crippen MR) is 87.4 cm³/mol. The van der Waals surface area contributed by atoms with E-state index < -0.39 is 0 Å². The molecule has 0 saturated carbocycles. The van der Waals surface area contributed by atoms with Crippen LogP contribution in [-0.2, 0) is 6.42 Å². The average Bonchev–Trinajstić information content (AvgIpc) is 2.53. The average molecular weight is 287 g/mol. The van der Waals surface area contributed by atoms with Crippen LogP contribution in [0.15, 0.2) is 24.4 Å². The largest absolute Gasteiger partial charge is 0.298 e. The van der Waals surface area contributed by atoms with Crippen molar-refractivity contribution in [2.75, 3.05) is 26.2 Å². The van der Waals surface area contributed by atoms with Gasteiger partial charge in [-0.2, -0.15) is 0 Å². The first-order chi connectivity index (χ1) is 10.2. The molecule has 2 saturated heterocycles. The van der Waals surface area contributed by atoms with Crippen molar-refractivity contribution in [1.82, 2.24) is 14.8 Å². The van der Waals surface area contributed by atoms with E-state index in [4.69, 9.17) is 0 Å². The van der Waals surface area contributed by atoms with Gasteiger partial charge in [0.25, 0.3) is 0 Å². The molecule has 2 unspecified atom stereocenters. The van der Waals surface area contributed by atoms with Gasteiger partial charge in [-0.15, -0.1) is 0 Å². The highest BCUT2D eigenvalue weighted by atomic mass is 15.3. The standard InChI is InChI=1S/C18H29N3/c1-15(2)18-14-20-11-6-4-8-17(20)13-21(18)12-9-16-7-3-5-10-19-16/h3,5,7,10,15,17-18H,4,6,8-9,11-14H2,1-2H3. The second kappa shape index (κ2) is 6.89. The zero-order valence-electron chi connectivity index (χ0n) is 13.5. The van der Waals surface area contributed by atoms with Gasteiger partial charge >= 0.3 is 0 Å². The Kier molecular flexibility index (Phi) is 4.91. The van der Waals surface area contributed by atoms with Gasteiger partial charge in [0.1, 0.15) is 0 Å². The lowest BCUT2D eigenvalue weighted by Gasteiger charge is -2.50. The fourth-order valence-corrected chi connectivity index (χ4v) is 3.96. The van der Waals surface area contributed by atoms with E-state index in [1.54, 1.807) is 0 Å². The number of fused-ring (bicyclic) bond motifs is 1. The summed E-state index contributed by atoms with van der Waals surface area (Å²) in [5.74, 6) is 0.733. The summed E-state index contributed by atoms with van der Waals surface area (Å²) in [5.41, 5.74) is 1.23. The van der Waals surface area contributed by atoms with E-state index in [0.29, 0.717) is 6.04 Å². The van der Waals surface area contributed by atoms with Gasteiger partial charge in [0.2, 0.25) is 0 Å². The SMILES string of the molecule is CC(C)C1CN2CCCCC2CN1CCc1ccccn1. The Balaban J connectivity index is 1.63. The third kappa shape index (κ3) is 3.64. The second-order valence-electron chi connectivity index (χ2n) is 7.02. The van der Waals surface area contributed by atoms with E-state index in [1.165, 1.54) is 44.6 Å². The van der Waals surface area contributed by atoms with Crippen molar-refractivity contribution in [2.24, 2.45) is 5.92 Å². The molecule has 0 radical (unpaired) electrons. The Morgan fingerprint density at radius 3 is 2.90 bits per heavy atom. The van der Waals surface area contributed by atoms with Gasteiger partial charge in [0.15, 0.2) is 0 Å². The Labute approximate surface area is 129 Å². The Morgan fingerprint density at radius 2 is 2.14 bits per heavy atom. The molecule has 2 aliphatic rings. The van der Waals surface area contributed by atoms with Crippen LogP contribution in [0.4, 0.5) is 0 Å². The van der Waals surface area contributed by atoms with Gasteiger partial charge in [0.05, 0.1) is 0 Å². The second-order valence-corrected chi connectivity index (χ2v) is 7.02. The van der Waals surface area contributed by atoms with Gasteiger partial charge in [-0.05, 0) is 37.4 Å². The van der Waals surface area contributed by atoms with Crippen molar-refractivity contribution in [3.63, 3.8) is 0 Å². The van der Waals surface area contributed by atoms with Crippen molar-refractivity contribution in [2.45, 2.75) is 51.6 Å². The van der Waals surface area contributed by atoms with E-state index >= 15 is 0 Å². The van der Waals surface area contributed by atoms with Crippen LogP contribution in [0.25, 0.3) is 0 Å². The molecular formula is C18H29N3. The highest BCUT2D eigenvalue weighted by molar-refractivity contribution is 5.04. The summed E-state index contributed by atoms with van der Waals surface area (Å²) in [6.45, 7) is 9.76. The molecule has 0 bridgehead atoms. The minimum Gasteiger partial charge on any atom is -0.298 e. The van der Waals surface area contributed by atoms with Crippen LogP contribution >= 0.6 is 0 Å². The van der Waals surface area contributed by atoms with Crippen LogP contribution in [0.3, 0.4) is 0 Å². The molecule has 0 aliphatic carbocycles. The maximum absolute atomic E-state index is 4.48. The number of rotatable bonds is 4. The minimum absolute atomic E-state index is 0.711. The van der Waals surface area contributed by atoms with Crippen LogP contribution in [0, 0.1) is 5.92 Å². The molecule has 0 amide bonds. The van der Waals surface area contributed by atoms with Gasteiger partial charge in [-0.1, -0.05) is 26.3 Å². The maximum atomic E-state index is 4.48. The fraction of sp³-hybridized carbons (Fsp3) is 0.722.